The second-order valence-corrected chi connectivity index (χ2v) is 7.10. The van der Waals surface area contributed by atoms with Gasteiger partial charge in [0.1, 0.15) is 11.0 Å². The van der Waals surface area contributed by atoms with Crippen molar-refractivity contribution < 1.29 is 4.79 Å². The third-order valence-corrected chi connectivity index (χ3v) is 5.69. The van der Waals surface area contributed by atoms with Crippen LogP contribution in [0.3, 0.4) is 0 Å². The van der Waals surface area contributed by atoms with E-state index in [1.807, 2.05) is 36.4 Å². The smallest absolute Gasteiger partial charge is 0.235 e. The van der Waals surface area contributed by atoms with Gasteiger partial charge in [-0.05, 0) is 30.5 Å². The monoisotopic (exact) mass is 357 g/mol. The van der Waals surface area contributed by atoms with Gasteiger partial charge in [-0.25, -0.2) is 0 Å². The second kappa shape index (κ2) is 6.15. The Kier molecular flexibility index (Phi) is 3.98. The van der Waals surface area contributed by atoms with E-state index in [0.29, 0.717) is 16.2 Å². The van der Waals surface area contributed by atoms with Crippen molar-refractivity contribution in [1.82, 2.24) is 8.75 Å². The zero-order valence-corrected chi connectivity index (χ0v) is 14.5. The summed E-state index contributed by atoms with van der Waals surface area (Å²) in [5, 5.41) is 3.54. The molecule has 1 N–H and O–H groups in total. The van der Waals surface area contributed by atoms with Crippen molar-refractivity contribution in [2.45, 2.75) is 31.1 Å². The van der Waals surface area contributed by atoms with Crippen LogP contribution in [0.2, 0.25) is 5.02 Å². The van der Waals surface area contributed by atoms with Crippen molar-refractivity contribution in [1.29, 1.82) is 0 Å². The second-order valence-electron chi connectivity index (χ2n) is 6.16. The molecule has 24 heavy (non-hydrogen) atoms. The number of aromatic nitrogens is 2. The first-order valence-electron chi connectivity index (χ1n) is 7.98. The zero-order chi connectivity index (χ0) is 16.6. The topological polar surface area (TPSA) is 54.9 Å². The maximum Gasteiger partial charge on any atom is 0.235 e. The molecule has 0 bridgehead atoms. The molecule has 4 rings (SSSR count). The summed E-state index contributed by atoms with van der Waals surface area (Å²) < 4.78 is 8.51. The summed E-state index contributed by atoms with van der Waals surface area (Å²) in [6.45, 7) is 0. The number of amides is 1. The molecule has 1 saturated carbocycles. The van der Waals surface area contributed by atoms with E-state index in [4.69, 9.17) is 11.6 Å². The summed E-state index contributed by atoms with van der Waals surface area (Å²) in [5.74, 6) is -0.00593. The van der Waals surface area contributed by atoms with Crippen molar-refractivity contribution in [2.24, 2.45) is 0 Å². The average molecular weight is 358 g/mol. The summed E-state index contributed by atoms with van der Waals surface area (Å²) in [6, 6.07) is 13.6. The highest BCUT2D eigenvalue weighted by molar-refractivity contribution is 7.00. The first-order chi connectivity index (χ1) is 11.7. The fourth-order valence-electron chi connectivity index (χ4n) is 3.56. The van der Waals surface area contributed by atoms with E-state index >= 15 is 0 Å². The number of fused-ring (bicyclic) bond motifs is 1. The largest absolute Gasteiger partial charge is 0.322 e. The van der Waals surface area contributed by atoms with Gasteiger partial charge in [0.05, 0.1) is 27.9 Å². The van der Waals surface area contributed by atoms with Gasteiger partial charge >= 0.3 is 0 Å². The summed E-state index contributed by atoms with van der Waals surface area (Å²) in [6.07, 6.45) is 3.81. The standard InChI is InChI=1S/C18H16ClN3OS/c19-13-8-9-14-16(22-24-21-14)15(13)20-17(23)18(10-4-5-11-18)12-6-2-1-3-7-12/h1-3,6-9H,4-5,10-11H2,(H,20,23). The highest BCUT2D eigenvalue weighted by Gasteiger charge is 2.42. The molecule has 1 heterocycles. The Bertz CT molecular complexity index is 888. The highest BCUT2D eigenvalue weighted by Crippen LogP contribution is 2.43. The number of hydrogen-bond acceptors (Lipinski definition) is 4. The van der Waals surface area contributed by atoms with Crippen LogP contribution in [0.4, 0.5) is 5.69 Å². The minimum atomic E-state index is -0.490. The number of nitrogens with one attached hydrogen (secondary N) is 1. The number of nitrogens with zero attached hydrogens (tertiary/aromatic N) is 2. The quantitative estimate of drug-likeness (QED) is 0.732. The van der Waals surface area contributed by atoms with Crippen molar-refractivity contribution >= 4 is 46.0 Å². The lowest BCUT2D eigenvalue weighted by Crippen LogP contribution is -2.38. The molecule has 0 radical (unpaired) electrons. The van der Waals surface area contributed by atoms with Gasteiger partial charge in [0, 0.05) is 0 Å². The molecule has 3 aromatic rings. The molecule has 122 valence electrons. The van der Waals surface area contributed by atoms with E-state index < -0.39 is 5.41 Å². The third-order valence-electron chi connectivity index (χ3n) is 4.83. The maximum atomic E-state index is 13.2. The van der Waals surface area contributed by atoms with Crippen molar-refractivity contribution in [3.05, 3.63) is 53.1 Å². The predicted octanol–water partition coefficient (Wildman–Crippen LogP) is 4.80. The Balaban J connectivity index is 1.74. The first-order valence-corrected chi connectivity index (χ1v) is 9.09. The lowest BCUT2D eigenvalue weighted by Gasteiger charge is -2.28. The van der Waals surface area contributed by atoms with Crippen molar-refractivity contribution in [3.63, 3.8) is 0 Å². The Morgan fingerprint density at radius 1 is 1.08 bits per heavy atom. The van der Waals surface area contributed by atoms with E-state index in [-0.39, 0.29) is 5.91 Å². The number of hydrogen-bond donors (Lipinski definition) is 1. The third kappa shape index (κ3) is 2.48. The first kappa shape index (κ1) is 15.5. The normalized spacial score (nSPS) is 16.4. The number of carbonyl (C=O) groups is 1. The van der Waals surface area contributed by atoms with Gasteiger partial charge in [0.2, 0.25) is 5.91 Å². The minimum Gasteiger partial charge on any atom is -0.322 e. The van der Waals surface area contributed by atoms with Crippen LogP contribution in [-0.2, 0) is 10.2 Å². The fourth-order valence-corrected chi connectivity index (χ4v) is 4.30. The van der Waals surface area contributed by atoms with E-state index in [1.54, 1.807) is 6.07 Å². The van der Waals surface area contributed by atoms with Gasteiger partial charge in [-0.2, -0.15) is 8.75 Å². The molecule has 1 amide bonds. The molecule has 0 spiro atoms. The summed E-state index contributed by atoms with van der Waals surface area (Å²) in [5.41, 5.74) is 2.55. The average Bonchev–Trinajstić information content (AvgIpc) is 3.28. The van der Waals surface area contributed by atoms with E-state index in [2.05, 4.69) is 14.1 Å². The van der Waals surface area contributed by atoms with Crippen LogP contribution in [0.5, 0.6) is 0 Å². The number of rotatable bonds is 3. The van der Waals surface area contributed by atoms with Gasteiger partial charge < -0.3 is 5.32 Å². The Labute approximate surface area is 149 Å². The van der Waals surface area contributed by atoms with Crippen LogP contribution in [-0.4, -0.2) is 14.7 Å². The summed E-state index contributed by atoms with van der Waals surface area (Å²) in [4.78, 5) is 13.2. The van der Waals surface area contributed by atoms with Crippen LogP contribution in [0.1, 0.15) is 31.2 Å². The van der Waals surface area contributed by atoms with Gasteiger partial charge in [-0.1, -0.05) is 54.8 Å². The number of carbonyl (C=O) groups excluding carboxylic acids is 1. The van der Waals surface area contributed by atoms with Gasteiger partial charge in [0.25, 0.3) is 0 Å². The zero-order valence-electron chi connectivity index (χ0n) is 13.0. The number of anilines is 1. The van der Waals surface area contributed by atoms with Crippen LogP contribution >= 0.6 is 23.3 Å². The molecule has 2 aromatic carbocycles. The highest BCUT2D eigenvalue weighted by atomic mass is 35.5. The molecular weight excluding hydrogens is 342 g/mol. The Hall–Kier alpha value is -1.98. The van der Waals surface area contributed by atoms with Crippen LogP contribution in [0, 0.1) is 0 Å². The van der Waals surface area contributed by atoms with Crippen molar-refractivity contribution in [2.75, 3.05) is 5.32 Å². The fraction of sp³-hybridized carbons (Fsp3) is 0.278. The molecule has 1 fully saturated rings. The van der Waals surface area contributed by atoms with Gasteiger partial charge in [-0.15, -0.1) is 0 Å². The lowest BCUT2D eigenvalue weighted by atomic mass is 9.78. The molecule has 1 aromatic heterocycles. The molecule has 4 nitrogen and oxygen atoms in total. The molecule has 0 unspecified atom stereocenters. The van der Waals surface area contributed by atoms with Crippen LogP contribution in [0.15, 0.2) is 42.5 Å². The molecule has 0 aliphatic heterocycles. The maximum absolute atomic E-state index is 13.2. The predicted molar refractivity (Wildman–Crippen MR) is 97.6 cm³/mol. The van der Waals surface area contributed by atoms with Gasteiger partial charge in [0.15, 0.2) is 0 Å². The molecule has 0 saturated heterocycles. The molecule has 1 aliphatic carbocycles. The molecule has 6 heteroatoms. The van der Waals surface area contributed by atoms with E-state index in [9.17, 15) is 4.79 Å². The minimum absolute atomic E-state index is 0.00593. The van der Waals surface area contributed by atoms with Gasteiger partial charge in [-0.3, -0.25) is 4.79 Å². The summed E-state index contributed by atoms with van der Waals surface area (Å²) in [7, 11) is 0. The molecule has 1 aliphatic rings. The SMILES string of the molecule is O=C(Nc1c(Cl)ccc2nsnc12)C1(c2ccccc2)CCCC1. The van der Waals surface area contributed by atoms with Crippen LogP contribution < -0.4 is 5.32 Å². The molecular formula is C18H16ClN3OS. The van der Waals surface area contributed by atoms with Crippen LogP contribution in [0.25, 0.3) is 11.0 Å². The molecule has 0 atom stereocenters. The van der Waals surface area contributed by atoms with Crippen molar-refractivity contribution in [3.8, 4) is 0 Å². The number of halogens is 1. The van der Waals surface area contributed by atoms with E-state index in [1.165, 1.54) is 0 Å². The Morgan fingerprint density at radius 3 is 2.58 bits per heavy atom. The number of benzene rings is 2. The summed E-state index contributed by atoms with van der Waals surface area (Å²) >= 11 is 7.45. The Morgan fingerprint density at radius 2 is 1.83 bits per heavy atom. The van der Waals surface area contributed by atoms with E-state index in [0.717, 1.165) is 48.5 Å². The lowest BCUT2D eigenvalue weighted by molar-refractivity contribution is -0.121.